The number of imide groups is 1. The van der Waals surface area contributed by atoms with Gasteiger partial charge in [0.15, 0.2) is 0 Å². The van der Waals surface area contributed by atoms with E-state index in [9.17, 15) is 14.4 Å². The summed E-state index contributed by atoms with van der Waals surface area (Å²) in [5, 5.41) is 4.30. The van der Waals surface area contributed by atoms with Gasteiger partial charge in [-0.25, -0.2) is 4.68 Å². The molecular weight excluding hydrogens is 354 g/mol. The van der Waals surface area contributed by atoms with Crippen molar-refractivity contribution in [1.29, 1.82) is 0 Å². The van der Waals surface area contributed by atoms with Crippen molar-refractivity contribution in [3.63, 3.8) is 0 Å². The van der Waals surface area contributed by atoms with Crippen LogP contribution in [0.5, 0.6) is 0 Å². The molecule has 6 heteroatoms. The summed E-state index contributed by atoms with van der Waals surface area (Å²) in [5.74, 6) is -1.24. The van der Waals surface area contributed by atoms with E-state index in [1.54, 1.807) is 0 Å². The van der Waals surface area contributed by atoms with E-state index in [0.29, 0.717) is 12.1 Å². The molecule has 0 spiro atoms. The van der Waals surface area contributed by atoms with Crippen molar-refractivity contribution in [2.24, 2.45) is 11.8 Å². The number of aryl methyl sites for hydroxylation is 2. The van der Waals surface area contributed by atoms with Gasteiger partial charge in [-0.3, -0.25) is 19.3 Å². The molecular formula is C22H25N3O3. The lowest BCUT2D eigenvalue weighted by Crippen LogP contribution is -2.49. The fourth-order valence-electron chi connectivity index (χ4n) is 4.61. The van der Waals surface area contributed by atoms with Gasteiger partial charge in [-0.05, 0) is 38.3 Å². The molecule has 28 heavy (non-hydrogen) atoms. The van der Waals surface area contributed by atoms with Crippen LogP contribution in [0.1, 0.15) is 47.4 Å². The lowest BCUT2D eigenvalue weighted by Gasteiger charge is -2.26. The van der Waals surface area contributed by atoms with Crippen LogP contribution in [0.3, 0.4) is 0 Å². The summed E-state index contributed by atoms with van der Waals surface area (Å²) in [4.78, 5) is 40.9. The Balaban J connectivity index is 1.72. The normalized spacial score (nSPS) is 23.0. The van der Waals surface area contributed by atoms with Crippen molar-refractivity contribution in [3.8, 4) is 0 Å². The van der Waals surface area contributed by atoms with Gasteiger partial charge >= 0.3 is 0 Å². The van der Waals surface area contributed by atoms with Gasteiger partial charge in [0.2, 0.25) is 11.8 Å². The first kappa shape index (κ1) is 18.6. The van der Waals surface area contributed by atoms with Crippen molar-refractivity contribution < 1.29 is 14.4 Å². The highest BCUT2D eigenvalue weighted by molar-refractivity contribution is 6.08. The number of benzene rings is 1. The molecule has 3 atom stereocenters. The molecule has 2 fully saturated rings. The third-order valence-electron chi connectivity index (χ3n) is 5.96. The molecule has 2 aromatic rings. The molecule has 6 nitrogen and oxygen atoms in total. The Morgan fingerprint density at radius 2 is 1.68 bits per heavy atom. The molecule has 1 aliphatic carbocycles. The summed E-state index contributed by atoms with van der Waals surface area (Å²) >= 11 is 0. The Morgan fingerprint density at radius 3 is 2.21 bits per heavy atom. The second-order valence-corrected chi connectivity index (χ2v) is 7.93. The molecule has 0 radical (unpaired) electrons. The second kappa shape index (κ2) is 7.34. The molecule has 1 aromatic heterocycles. The Bertz CT molecular complexity index is 894. The maximum atomic E-state index is 13.4. The zero-order valence-corrected chi connectivity index (χ0v) is 16.3. The average Bonchev–Trinajstić information content (AvgIpc) is 3.17. The van der Waals surface area contributed by atoms with Crippen molar-refractivity contribution >= 4 is 17.7 Å². The molecule has 2 heterocycles. The van der Waals surface area contributed by atoms with Crippen LogP contribution >= 0.6 is 0 Å². The molecule has 0 unspecified atom stereocenters. The third-order valence-corrected chi connectivity index (χ3v) is 5.96. The zero-order chi connectivity index (χ0) is 19.8. The van der Waals surface area contributed by atoms with Gasteiger partial charge in [-0.2, -0.15) is 5.10 Å². The van der Waals surface area contributed by atoms with Crippen LogP contribution in [0.15, 0.2) is 36.4 Å². The van der Waals surface area contributed by atoms with E-state index in [1.165, 1.54) is 9.58 Å². The number of rotatable bonds is 4. The lowest BCUT2D eigenvalue weighted by molar-refractivity contribution is -0.141. The van der Waals surface area contributed by atoms with Crippen molar-refractivity contribution in [1.82, 2.24) is 14.7 Å². The van der Waals surface area contributed by atoms with Gasteiger partial charge < -0.3 is 0 Å². The monoisotopic (exact) mass is 379 g/mol. The minimum Gasteiger partial charge on any atom is -0.274 e. The summed E-state index contributed by atoms with van der Waals surface area (Å²) in [5.41, 5.74) is 2.35. The first-order valence-corrected chi connectivity index (χ1v) is 9.95. The van der Waals surface area contributed by atoms with Crippen LogP contribution in [0, 0.1) is 25.7 Å². The molecule has 1 aromatic carbocycles. The van der Waals surface area contributed by atoms with Crippen LogP contribution in [0.4, 0.5) is 0 Å². The Kier molecular flexibility index (Phi) is 4.87. The molecule has 146 valence electrons. The third kappa shape index (κ3) is 3.17. The summed E-state index contributed by atoms with van der Waals surface area (Å²) < 4.78 is 1.34. The van der Waals surface area contributed by atoms with E-state index in [2.05, 4.69) is 5.10 Å². The summed E-state index contributed by atoms with van der Waals surface area (Å²) in [6.45, 7) is 3.63. The fraction of sp³-hybridized carbons (Fsp3) is 0.455. The lowest BCUT2D eigenvalue weighted by atomic mass is 9.81. The molecule has 1 saturated carbocycles. The second-order valence-electron chi connectivity index (χ2n) is 7.93. The predicted octanol–water partition coefficient (Wildman–Crippen LogP) is 2.93. The number of amides is 2. The predicted molar refractivity (Wildman–Crippen MR) is 104 cm³/mol. The minimum atomic E-state index is -0.869. The van der Waals surface area contributed by atoms with Crippen LogP contribution in [-0.2, 0) is 16.0 Å². The highest BCUT2D eigenvalue weighted by Gasteiger charge is 2.52. The SMILES string of the molecule is Cc1cc(C)n(C(=O)[C@@H](Cc2ccccc2)N2C(=O)[C@@H]3CCCC[C@H]3C2=O)n1. The van der Waals surface area contributed by atoms with Gasteiger partial charge in [-0.15, -0.1) is 0 Å². The smallest absolute Gasteiger partial charge is 0.270 e. The van der Waals surface area contributed by atoms with E-state index in [1.807, 2.05) is 50.2 Å². The molecule has 0 bridgehead atoms. The quantitative estimate of drug-likeness (QED) is 0.766. The maximum Gasteiger partial charge on any atom is 0.270 e. The molecule has 1 saturated heterocycles. The van der Waals surface area contributed by atoms with Crippen molar-refractivity contribution in [2.75, 3.05) is 0 Å². The number of nitrogens with zero attached hydrogens (tertiary/aromatic N) is 3. The number of likely N-dealkylation sites (tertiary alicyclic amines) is 1. The Labute approximate surface area is 164 Å². The topological polar surface area (TPSA) is 72.3 Å². The van der Waals surface area contributed by atoms with Gasteiger partial charge in [-0.1, -0.05) is 43.2 Å². The molecule has 4 rings (SSSR count). The van der Waals surface area contributed by atoms with Crippen LogP contribution in [-0.4, -0.2) is 38.4 Å². The number of carbonyl (C=O) groups excluding carboxylic acids is 3. The minimum absolute atomic E-state index is 0.189. The first-order chi connectivity index (χ1) is 13.5. The number of fused-ring (bicyclic) bond motifs is 1. The molecule has 2 aliphatic rings. The van der Waals surface area contributed by atoms with Gasteiger partial charge in [0.05, 0.1) is 17.5 Å². The number of carbonyl (C=O) groups is 3. The summed E-state index contributed by atoms with van der Waals surface area (Å²) in [7, 11) is 0. The summed E-state index contributed by atoms with van der Waals surface area (Å²) in [6, 6.07) is 10.5. The highest BCUT2D eigenvalue weighted by atomic mass is 16.2. The van der Waals surface area contributed by atoms with Crippen molar-refractivity contribution in [2.45, 2.75) is 52.0 Å². The van der Waals surface area contributed by atoms with Crippen LogP contribution in [0.25, 0.3) is 0 Å². The number of aromatic nitrogens is 2. The zero-order valence-electron chi connectivity index (χ0n) is 16.3. The largest absolute Gasteiger partial charge is 0.274 e. The van der Waals surface area contributed by atoms with Gasteiger partial charge in [0.25, 0.3) is 5.91 Å². The van der Waals surface area contributed by atoms with Crippen LogP contribution in [0.2, 0.25) is 0 Å². The Morgan fingerprint density at radius 1 is 1.07 bits per heavy atom. The number of hydrogen-bond acceptors (Lipinski definition) is 4. The fourth-order valence-corrected chi connectivity index (χ4v) is 4.61. The standard InChI is InChI=1S/C22H25N3O3/c1-14-12-15(2)25(23-14)22(28)19(13-16-8-4-3-5-9-16)24-20(26)17-10-6-7-11-18(17)21(24)27/h3-5,8-9,12,17-19H,6-7,10-11,13H2,1-2H3/t17-,18-,19-/m1/s1. The van der Waals surface area contributed by atoms with Gasteiger partial charge in [0, 0.05) is 12.1 Å². The van der Waals surface area contributed by atoms with Crippen molar-refractivity contribution in [3.05, 3.63) is 53.3 Å². The van der Waals surface area contributed by atoms with Gasteiger partial charge in [0.1, 0.15) is 6.04 Å². The Hall–Kier alpha value is -2.76. The van der Waals surface area contributed by atoms with E-state index >= 15 is 0 Å². The van der Waals surface area contributed by atoms with Crippen LogP contribution < -0.4 is 0 Å². The highest BCUT2D eigenvalue weighted by Crippen LogP contribution is 2.39. The number of hydrogen-bond donors (Lipinski definition) is 0. The molecule has 1 aliphatic heterocycles. The molecule has 2 amide bonds. The maximum absolute atomic E-state index is 13.4. The first-order valence-electron chi connectivity index (χ1n) is 9.95. The molecule has 0 N–H and O–H groups in total. The average molecular weight is 379 g/mol. The van der Waals surface area contributed by atoms with E-state index < -0.39 is 6.04 Å². The summed E-state index contributed by atoms with van der Waals surface area (Å²) in [6.07, 6.45) is 3.69. The van der Waals surface area contributed by atoms with E-state index in [-0.39, 0.29) is 29.6 Å². The van der Waals surface area contributed by atoms with E-state index in [0.717, 1.165) is 36.9 Å². The van der Waals surface area contributed by atoms with E-state index in [4.69, 9.17) is 0 Å².